The molecule has 0 saturated heterocycles. The number of benzene rings is 1. The first-order valence-electron chi connectivity index (χ1n) is 6.18. The van der Waals surface area contributed by atoms with Gasteiger partial charge in [0.2, 0.25) is 0 Å². The van der Waals surface area contributed by atoms with Crippen molar-refractivity contribution in [1.29, 1.82) is 0 Å². The summed E-state index contributed by atoms with van der Waals surface area (Å²) < 4.78 is 7.06. The molecule has 0 atom stereocenters. The highest BCUT2D eigenvalue weighted by Crippen LogP contribution is 2.11. The lowest BCUT2D eigenvalue weighted by Crippen LogP contribution is -2.13. The molecule has 104 valence electrons. The predicted octanol–water partition coefficient (Wildman–Crippen LogP) is 2.62. The maximum Gasteiger partial charge on any atom is 0.118 e. The minimum absolute atomic E-state index is 0. The standard InChI is InChI=1S/C14H19N3O.ClH/c1-3-17-9-8-13(16-17)11-15-10-12-4-6-14(18-2)7-5-12;/h4-9,15H,3,10-11H2,1-2H3;1H. The van der Waals surface area contributed by atoms with Gasteiger partial charge in [0, 0.05) is 25.8 Å². The molecule has 0 bridgehead atoms. The van der Waals surface area contributed by atoms with Gasteiger partial charge in [0.25, 0.3) is 0 Å². The summed E-state index contributed by atoms with van der Waals surface area (Å²) in [6.45, 7) is 4.63. The van der Waals surface area contributed by atoms with Gasteiger partial charge in [-0.05, 0) is 30.7 Å². The number of hydrogen-bond donors (Lipinski definition) is 1. The second-order valence-corrected chi connectivity index (χ2v) is 4.11. The van der Waals surface area contributed by atoms with Crippen molar-refractivity contribution in [3.63, 3.8) is 0 Å². The maximum atomic E-state index is 5.12. The Bertz CT molecular complexity index is 482. The third-order valence-corrected chi connectivity index (χ3v) is 2.81. The zero-order chi connectivity index (χ0) is 12.8. The molecule has 0 saturated carbocycles. The second-order valence-electron chi connectivity index (χ2n) is 4.11. The van der Waals surface area contributed by atoms with Crippen molar-refractivity contribution >= 4 is 12.4 Å². The van der Waals surface area contributed by atoms with Gasteiger partial charge in [-0.2, -0.15) is 5.10 Å². The van der Waals surface area contributed by atoms with Crippen LogP contribution in [0.3, 0.4) is 0 Å². The summed E-state index contributed by atoms with van der Waals surface area (Å²) in [5.74, 6) is 0.889. The third kappa shape index (κ3) is 4.58. The molecule has 4 nitrogen and oxygen atoms in total. The van der Waals surface area contributed by atoms with Crippen LogP contribution in [0.1, 0.15) is 18.2 Å². The molecule has 1 N–H and O–H groups in total. The lowest BCUT2D eigenvalue weighted by Gasteiger charge is -2.04. The van der Waals surface area contributed by atoms with Crippen LogP contribution < -0.4 is 10.1 Å². The lowest BCUT2D eigenvalue weighted by molar-refractivity contribution is 0.414. The van der Waals surface area contributed by atoms with Crippen molar-refractivity contribution < 1.29 is 4.74 Å². The average molecular weight is 282 g/mol. The Kier molecular flexibility index (Phi) is 6.39. The van der Waals surface area contributed by atoms with Crippen LogP contribution in [0.5, 0.6) is 5.75 Å². The van der Waals surface area contributed by atoms with E-state index < -0.39 is 0 Å². The summed E-state index contributed by atoms with van der Waals surface area (Å²) in [7, 11) is 1.68. The number of aromatic nitrogens is 2. The van der Waals surface area contributed by atoms with Gasteiger partial charge in [-0.25, -0.2) is 0 Å². The van der Waals surface area contributed by atoms with E-state index >= 15 is 0 Å². The van der Waals surface area contributed by atoms with Gasteiger partial charge in [0.1, 0.15) is 5.75 Å². The zero-order valence-corrected chi connectivity index (χ0v) is 12.1. The number of hydrogen-bond acceptors (Lipinski definition) is 3. The fraction of sp³-hybridized carbons (Fsp3) is 0.357. The molecule has 0 aliphatic heterocycles. The first-order chi connectivity index (χ1) is 8.81. The molecule has 0 amide bonds. The van der Waals surface area contributed by atoms with Crippen LogP contribution in [0.2, 0.25) is 0 Å². The molecule has 0 spiro atoms. The Hall–Kier alpha value is -1.52. The van der Waals surface area contributed by atoms with E-state index in [1.54, 1.807) is 7.11 Å². The summed E-state index contributed by atoms with van der Waals surface area (Å²) in [6, 6.07) is 10.1. The van der Waals surface area contributed by atoms with Gasteiger partial charge in [0.05, 0.1) is 12.8 Å². The van der Waals surface area contributed by atoms with Gasteiger partial charge in [-0.3, -0.25) is 4.68 Å². The highest BCUT2D eigenvalue weighted by molar-refractivity contribution is 5.85. The molecule has 0 aliphatic rings. The van der Waals surface area contributed by atoms with E-state index in [0.29, 0.717) is 0 Å². The number of halogens is 1. The quantitative estimate of drug-likeness (QED) is 0.885. The fourth-order valence-corrected chi connectivity index (χ4v) is 1.75. The third-order valence-electron chi connectivity index (χ3n) is 2.81. The van der Waals surface area contributed by atoms with Crippen LogP contribution in [0.15, 0.2) is 36.5 Å². The van der Waals surface area contributed by atoms with Crippen LogP contribution >= 0.6 is 12.4 Å². The van der Waals surface area contributed by atoms with Crippen LogP contribution in [0, 0.1) is 0 Å². The molecule has 0 unspecified atom stereocenters. The Morgan fingerprint density at radius 3 is 2.47 bits per heavy atom. The minimum atomic E-state index is 0. The lowest BCUT2D eigenvalue weighted by atomic mass is 10.2. The molecule has 1 heterocycles. The molecule has 2 rings (SSSR count). The van der Waals surface area contributed by atoms with Crippen molar-refractivity contribution in [2.75, 3.05) is 7.11 Å². The predicted molar refractivity (Wildman–Crippen MR) is 78.7 cm³/mol. The van der Waals surface area contributed by atoms with Crippen molar-refractivity contribution in [2.45, 2.75) is 26.6 Å². The number of ether oxygens (including phenoxy) is 1. The molecule has 0 radical (unpaired) electrons. The summed E-state index contributed by atoms with van der Waals surface area (Å²) in [4.78, 5) is 0. The summed E-state index contributed by atoms with van der Waals surface area (Å²) in [5.41, 5.74) is 2.32. The topological polar surface area (TPSA) is 39.1 Å². The monoisotopic (exact) mass is 281 g/mol. The zero-order valence-electron chi connectivity index (χ0n) is 11.3. The van der Waals surface area contributed by atoms with Crippen LogP contribution in [0.4, 0.5) is 0 Å². The second kappa shape index (κ2) is 7.81. The van der Waals surface area contributed by atoms with E-state index in [-0.39, 0.29) is 12.4 Å². The first-order valence-corrected chi connectivity index (χ1v) is 6.18. The Balaban J connectivity index is 0.00000180. The van der Waals surface area contributed by atoms with E-state index in [9.17, 15) is 0 Å². The largest absolute Gasteiger partial charge is 0.497 e. The van der Waals surface area contributed by atoms with Crippen molar-refractivity contribution in [3.8, 4) is 5.75 Å². The van der Waals surface area contributed by atoms with E-state index in [1.165, 1.54) is 5.56 Å². The maximum absolute atomic E-state index is 5.12. The smallest absolute Gasteiger partial charge is 0.118 e. The normalized spacial score (nSPS) is 10.0. The van der Waals surface area contributed by atoms with Crippen molar-refractivity contribution in [3.05, 3.63) is 47.8 Å². The molecule has 19 heavy (non-hydrogen) atoms. The highest BCUT2D eigenvalue weighted by atomic mass is 35.5. The van der Waals surface area contributed by atoms with Crippen molar-refractivity contribution in [2.24, 2.45) is 0 Å². The van der Waals surface area contributed by atoms with E-state index in [2.05, 4.69) is 29.5 Å². The number of aryl methyl sites for hydroxylation is 1. The van der Waals surface area contributed by atoms with Crippen LogP contribution in [0.25, 0.3) is 0 Å². The number of rotatable bonds is 6. The van der Waals surface area contributed by atoms with Gasteiger partial charge in [-0.1, -0.05) is 12.1 Å². The Morgan fingerprint density at radius 1 is 1.16 bits per heavy atom. The van der Waals surface area contributed by atoms with Gasteiger partial charge in [0.15, 0.2) is 0 Å². The molecule has 0 aliphatic carbocycles. The van der Waals surface area contributed by atoms with E-state index in [0.717, 1.165) is 31.1 Å². The highest BCUT2D eigenvalue weighted by Gasteiger charge is 1.98. The fourth-order valence-electron chi connectivity index (χ4n) is 1.75. The summed E-state index contributed by atoms with van der Waals surface area (Å²) >= 11 is 0. The molecule has 0 fully saturated rings. The molecule has 1 aromatic heterocycles. The van der Waals surface area contributed by atoms with E-state index in [1.807, 2.05) is 29.1 Å². The SMILES string of the molecule is CCn1ccc(CNCc2ccc(OC)cc2)n1.Cl. The number of nitrogens with zero attached hydrogens (tertiary/aromatic N) is 2. The molecule has 5 heteroatoms. The number of methoxy groups -OCH3 is 1. The molecular weight excluding hydrogens is 262 g/mol. The molecular formula is C14H20ClN3O. The molecule has 2 aromatic rings. The minimum Gasteiger partial charge on any atom is -0.497 e. The first kappa shape index (κ1) is 15.5. The van der Waals surface area contributed by atoms with Crippen LogP contribution in [-0.2, 0) is 19.6 Å². The van der Waals surface area contributed by atoms with Crippen LogP contribution in [-0.4, -0.2) is 16.9 Å². The van der Waals surface area contributed by atoms with Gasteiger partial charge in [-0.15, -0.1) is 12.4 Å². The van der Waals surface area contributed by atoms with Gasteiger partial charge >= 0.3 is 0 Å². The summed E-state index contributed by atoms with van der Waals surface area (Å²) in [5, 5.41) is 7.80. The summed E-state index contributed by atoms with van der Waals surface area (Å²) in [6.07, 6.45) is 2.00. The Morgan fingerprint density at radius 2 is 1.89 bits per heavy atom. The van der Waals surface area contributed by atoms with E-state index in [4.69, 9.17) is 4.74 Å². The molecule has 1 aromatic carbocycles. The average Bonchev–Trinajstić information content (AvgIpc) is 2.87. The Labute approximate surface area is 120 Å². The number of nitrogens with one attached hydrogen (secondary N) is 1. The van der Waals surface area contributed by atoms with Crippen molar-refractivity contribution in [1.82, 2.24) is 15.1 Å². The van der Waals surface area contributed by atoms with Gasteiger partial charge < -0.3 is 10.1 Å².